The third kappa shape index (κ3) is 5.08. The first-order valence-electron chi connectivity index (χ1n) is 18.2. The molecule has 1 spiro atoms. The number of hydrogen-bond donors (Lipinski definition) is 2. The van der Waals surface area contributed by atoms with Crippen molar-refractivity contribution in [1.29, 1.82) is 0 Å². The quantitative estimate of drug-likeness (QED) is 0.154. The minimum absolute atomic E-state index is 0.00747. The number of para-hydroxylation sites is 1. The van der Waals surface area contributed by atoms with Crippen molar-refractivity contribution in [2.45, 2.75) is 75.4 Å². The lowest BCUT2D eigenvalue weighted by atomic mass is 9.47. The third-order valence-corrected chi connectivity index (χ3v) is 14.4. The SMILES string of the molecule is COC12CC3(Cl)CC4(CC4C(Cn4ncc(-c5ccc(N6CCc7c(F)ccc(C(=O)Nc8nc9ccccc9s8)c7C6)nc5C(=O)O)c4C)(C3)C1)C2. The summed E-state index contributed by atoms with van der Waals surface area (Å²) in [5, 5.41) is 18.6. The Morgan fingerprint density at radius 3 is 2.72 bits per heavy atom. The van der Waals surface area contributed by atoms with Crippen molar-refractivity contribution < 1.29 is 23.8 Å². The van der Waals surface area contributed by atoms with E-state index in [1.165, 1.54) is 29.9 Å². The summed E-state index contributed by atoms with van der Waals surface area (Å²) >= 11 is 8.70. The molecule has 272 valence electrons. The number of carbonyl (C=O) groups excluding carboxylic acids is 1. The molecule has 4 heterocycles. The number of fused-ring (bicyclic) bond motifs is 2. The van der Waals surface area contributed by atoms with Crippen molar-refractivity contribution in [3.8, 4) is 11.1 Å². The Kier molecular flexibility index (Phi) is 7.09. The van der Waals surface area contributed by atoms with Crippen LogP contribution in [0.25, 0.3) is 21.3 Å². The average Bonchev–Trinajstić information content (AvgIpc) is 3.50. The van der Waals surface area contributed by atoms with E-state index in [0.717, 1.165) is 60.1 Å². The van der Waals surface area contributed by atoms with Crippen molar-refractivity contribution in [3.63, 3.8) is 0 Å². The number of aromatic nitrogens is 4. The number of halogens is 2. The van der Waals surface area contributed by atoms with Gasteiger partial charge in [-0.25, -0.2) is 19.2 Å². The molecule has 0 radical (unpaired) electrons. The minimum atomic E-state index is -1.15. The Bertz CT molecular complexity index is 2360. The number of carbonyl (C=O) groups is 2. The van der Waals surface area contributed by atoms with E-state index in [9.17, 15) is 14.7 Å². The topological polar surface area (TPSA) is 122 Å². The molecule has 5 aliphatic carbocycles. The summed E-state index contributed by atoms with van der Waals surface area (Å²) < 4.78 is 24.3. The first-order chi connectivity index (χ1) is 25.4. The van der Waals surface area contributed by atoms with Gasteiger partial charge in [0.15, 0.2) is 10.8 Å². The molecule has 10 nitrogen and oxygen atoms in total. The van der Waals surface area contributed by atoms with Gasteiger partial charge in [0.25, 0.3) is 5.91 Å². The summed E-state index contributed by atoms with van der Waals surface area (Å²) in [7, 11) is 1.83. The highest BCUT2D eigenvalue weighted by molar-refractivity contribution is 7.22. The van der Waals surface area contributed by atoms with Gasteiger partial charge in [-0.3, -0.25) is 14.8 Å². The summed E-state index contributed by atoms with van der Waals surface area (Å²) in [5.74, 6) is -0.861. The zero-order valence-corrected chi connectivity index (χ0v) is 31.0. The first kappa shape index (κ1) is 33.2. The second kappa shape index (κ2) is 11.3. The second-order valence-electron chi connectivity index (χ2n) is 16.2. The Morgan fingerprint density at radius 1 is 1.06 bits per heavy atom. The van der Waals surface area contributed by atoms with Crippen LogP contribution in [0.4, 0.5) is 15.3 Å². The van der Waals surface area contributed by atoms with Crippen molar-refractivity contribution in [2.24, 2.45) is 16.7 Å². The van der Waals surface area contributed by atoms with Crippen LogP contribution in [0, 0.1) is 29.5 Å². The number of nitrogens with zero attached hydrogens (tertiary/aromatic N) is 5. The summed E-state index contributed by atoms with van der Waals surface area (Å²) in [6.45, 7) is 3.31. The van der Waals surface area contributed by atoms with Crippen molar-refractivity contribution >= 4 is 56.0 Å². The number of alkyl halides is 1. The maximum absolute atomic E-state index is 15.1. The van der Waals surface area contributed by atoms with Gasteiger partial charge in [-0.05, 0) is 116 Å². The van der Waals surface area contributed by atoms with Crippen LogP contribution in [0.1, 0.15) is 76.2 Å². The van der Waals surface area contributed by atoms with Crippen LogP contribution >= 0.6 is 22.9 Å². The van der Waals surface area contributed by atoms with Gasteiger partial charge >= 0.3 is 5.97 Å². The molecule has 1 amide bonds. The number of ether oxygens (including phenoxy) is 1. The number of pyridine rings is 1. The van der Waals surface area contributed by atoms with Crippen LogP contribution in [0.2, 0.25) is 0 Å². The molecule has 5 aromatic rings. The lowest BCUT2D eigenvalue weighted by Gasteiger charge is -2.64. The van der Waals surface area contributed by atoms with Crippen LogP contribution in [-0.2, 0) is 24.2 Å². The Hall–Kier alpha value is -4.39. The predicted molar refractivity (Wildman–Crippen MR) is 200 cm³/mol. The van der Waals surface area contributed by atoms with Gasteiger partial charge in [0.1, 0.15) is 11.6 Å². The van der Waals surface area contributed by atoms with Crippen LogP contribution in [-0.4, -0.2) is 60.9 Å². The largest absolute Gasteiger partial charge is 0.476 e. The molecule has 5 fully saturated rings. The fourth-order valence-corrected chi connectivity index (χ4v) is 12.9. The van der Waals surface area contributed by atoms with E-state index < -0.39 is 5.97 Å². The van der Waals surface area contributed by atoms with Gasteiger partial charge in [-0.2, -0.15) is 5.10 Å². The normalized spacial score (nSPS) is 29.3. The maximum Gasteiger partial charge on any atom is 0.355 e. The van der Waals surface area contributed by atoms with Crippen LogP contribution < -0.4 is 10.2 Å². The van der Waals surface area contributed by atoms with Crippen molar-refractivity contribution in [2.75, 3.05) is 23.9 Å². The zero-order valence-electron chi connectivity index (χ0n) is 29.4. The molecule has 53 heavy (non-hydrogen) atoms. The van der Waals surface area contributed by atoms with Crippen LogP contribution in [0.3, 0.4) is 0 Å². The van der Waals surface area contributed by atoms with E-state index in [1.807, 2.05) is 47.9 Å². The summed E-state index contributed by atoms with van der Waals surface area (Å²) in [6, 6.07) is 14.0. The van der Waals surface area contributed by atoms with Crippen molar-refractivity contribution in [1.82, 2.24) is 19.7 Å². The Balaban J connectivity index is 0.928. The molecule has 11 rings (SSSR count). The number of hydrogen-bond acceptors (Lipinski definition) is 8. The Labute approximate surface area is 314 Å². The second-order valence-corrected chi connectivity index (χ2v) is 18.1. The van der Waals surface area contributed by atoms with Gasteiger partial charge in [-0.15, -0.1) is 11.6 Å². The molecule has 0 saturated heterocycles. The standard InChI is InChI=1S/C40H38ClFN6O4S/c1-22-26(14-43-48(22)21-38-17-39(41)16-37(13-31(37)38)18-40(19-38,20-39)52-2)24-8-10-32(45-33(24)35(50)51)47-12-11-23-27(15-47)25(7-9-28(23)42)34(49)46-36-44-29-5-3-4-6-30(29)53-36/h3-10,14,31H,11-13,15-21H2,1-2H3,(H,50,51)(H,44,46,49). The average molecular weight is 753 g/mol. The monoisotopic (exact) mass is 752 g/mol. The lowest BCUT2D eigenvalue weighted by Crippen LogP contribution is -2.63. The minimum Gasteiger partial charge on any atom is -0.476 e. The van der Waals surface area contributed by atoms with Crippen molar-refractivity contribution in [3.05, 3.63) is 88.6 Å². The summed E-state index contributed by atoms with van der Waals surface area (Å²) in [4.78, 5) is 37.2. The molecular weight excluding hydrogens is 715 g/mol. The molecule has 1 aliphatic heterocycles. The Morgan fingerprint density at radius 2 is 1.91 bits per heavy atom. The van der Waals surface area contributed by atoms with E-state index in [1.54, 1.807) is 18.3 Å². The molecule has 5 saturated carbocycles. The van der Waals surface area contributed by atoms with E-state index in [-0.39, 0.29) is 45.3 Å². The number of aromatic carboxylic acids is 1. The number of nitrogens with one attached hydrogen (secondary N) is 1. The van der Waals surface area contributed by atoms with Crippen LogP contribution in [0.5, 0.6) is 0 Å². The summed E-state index contributed by atoms with van der Waals surface area (Å²) in [5.41, 5.74) is 4.24. The number of thiazole rings is 1. The molecule has 5 unspecified atom stereocenters. The van der Waals surface area contributed by atoms with Gasteiger partial charge in [0.2, 0.25) is 0 Å². The number of benzene rings is 2. The molecule has 6 aliphatic rings. The smallest absolute Gasteiger partial charge is 0.355 e. The highest BCUT2D eigenvalue weighted by atomic mass is 35.5. The molecule has 4 bridgehead atoms. The number of rotatable bonds is 8. The number of methoxy groups -OCH3 is 1. The van der Waals surface area contributed by atoms with Gasteiger partial charge < -0.3 is 14.7 Å². The fourth-order valence-electron chi connectivity index (χ4n) is 11.2. The summed E-state index contributed by atoms with van der Waals surface area (Å²) in [6.07, 6.45) is 8.25. The van der Waals surface area contributed by atoms with E-state index in [0.29, 0.717) is 52.1 Å². The van der Waals surface area contributed by atoms with Gasteiger partial charge in [0.05, 0.1) is 22.0 Å². The predicted octanol–water partition coefficient (Wildman–Crippen LogP) is 7.86. The highest BCUT2D eigenvalue weighted by Crippen LogP contribution is 2.83. The number of amides is 1. The van der Waals surface area contributed by atoms with E-state index in [4.69, 9.17) is 21.4 Å². The van der Waals surface area contributed by atoms with E-state index in [2.05, 4.69) is 15.3 Å². The first-order valence-corrected chi connectivity index (χ1v) is 19.3. The van der Waals surface area contributed by atoms with Gasteiger partial charge in [-0.1, -0.05) is 23.5 Å². The van der Waals surface area contributed by atoms with E-state index >= 15 is 4.39 Å². The fraction of sp³-hybridized carbons (Fsp3) is 0.425. The lowest BCUT2D eigenvalue weighted by molar-refractivity contribution is -0.180. The maximum atomic E-state index is 15.1. The number of anilines is 2. The molecule has 3 aromatic heterocycles. The molecule has 5 atom stereocenters. The molecule has 13 heteroatoms. The third-order valence-electron chi connectivity index (χ3n) is 13.1. The molecular formula is C40H38ClFN6O4S. The zero-order chi connectivity index (χ0) is 36.5. The molecule has 2 N–H and O–H groups in total. The van der Waals surface area contributed by atoms with Crippen LogP contribution in [0.15, 0.2) is 54.7 Å². The van der Waals surface area contributed by atoms with Gasteiger partial charge in [0, 0.05) is 54.0 Å². The molecule has 2 aromatic carbocycles. The highest BCUT2D eigenvalue weighted by Gasteiger charge is 2.79. The number of carboxylic acid groups (broad SMARTS) is 1. The number of carboxylic acids is 1.